The summed E-state index contributed by atoms with van der Waals surface area (Å²) in [4.78, 5) is 15.4. The summed E-state index contributed by atoms with van der Waals surface area (Å²) < 4.78 is 5.46. The molecular weight excluding hydrogens is 478 g/mol. The van der Waals surface area contributed by atoms with Crippen LogP contribution in [0.15, 0.2) is 117 Å². The summed E-state index contributed by atoms with van der Waals surface area (Å²) in [6.07, 6.45) is 5.09. The summed E-state index contributed by atoms with van der Waals surface area (Å²) in [5, 5.41) is 9.68. The lowest BCUT2D eigenvalue weighted by Crippen LogP contribution is -2.28. The van der Waals surface area contributed by atoms with Gasteiger partial charge in [0, 0.05) is 5.02 Å². The summed E-state index contributed by atoms with van der Waals surface area (Å²) in [5.41, 5.74) is 4.07. The van der Waals surface area contributed by atoms with Gasteiger partial charge in [-0.15, -0.1) is 5.10 Å². The van der Waals surface area contributed by atoms with E-state index >= 15 is 0 Å². The van der Waals surface area contributed by atoms with Crippen molar-refractivity contribution in [2.24, 2.45) is 10.2 Å². The molecule has 1 aliphatic rings. The second-order valence-corrected chi connectivity index (χ2v) is 9.19. The summed E-state index contributed by atoms with van der Waals surface area (Å²) in [6, 6.07) is 29.2. The van der Waals surface area contributed by atoms with Crippen molar-refractivity contribution < 1.29 is 9.21 Å². The smallest absolute Gasteiger partial charge is 0.267 e. The topological polar surface area (TPSA) is 58.2 Å². The molecule has 3 aromatic carbocycles. The van der Waals surface area contributed by atoms with Gasteiger partial charge in [-0.3, -0.25) is 9.69 Å². The highest BCUT2D eigenvalue weighted by molar-refractivity contribution is 8.18. The van der Waals surface area contributed by atoms with Crippen LogP contribution in [0.1, 0.15) is 16.9 Å². The molecule has 1 amide bonds. The summed E-state index contributed by atoms with van der Waals surface area (Å²) in [6.45, 7) is 0.276. The van der Waals surface area contributed by atoms with E-state index in [9.17, 15) is 4.79 Å². The molecule has 1 aromatic heterocycles. The number of halogens is 1. The van der Waals surface area contributed by atoms with Crippen LogP contribution in [-0.4, -0.2) is 22.2 Å². The van der Waals surface area contributed by atoms with E-state index in [0.29, 0.717) is 20.9 Å². The first-order valence-electron chi connectivity index (χ1n) is 10.9. The highest BCUT2D eigenvalue weighted by Crippen LogP contribution is 2.34. The van der Waals surface area contributed by atoms with Crippen LogP contribution in [0.2, 0.25) is 5.02 Å². The molecule has 2 heterocycles. The number of carbonyl (C=O) groups is 1. The van der Waals surface area contributed by atoms with E-state index in [-0.39, 0.29) is 12.5 Å². The Bertz CT molecular complexity index is 1400. The Balaban J connectivity index is 1.39. The molecule has 5 rings (SSSR count). The van der Waals surface area contributed by atoms with Gasteiger partial charge in [-0.05, 0) is 64.4 Å². The van der Waals surface area contributed by atoms with E-state index in [0.717, 1.165) is 22.3 Å². The summed E-state index contributed by atoms with van der Waals surface area (Å²) in [7, 11) is 0. The maximum absolute atomic E-state index is 13.3. The van der Waals surface area contributed by atoms with Crippen molar-refractivity contribution in [3.05, 3.63) is 124 Å². The Morgan fingerprint density at radius 3 is 2.29 bits per heavy atom. The van der Waals surface area contributed by atoms with Crippen molar-refractivity contribution in [1.29, 1.82) is 0 Å². The second-order valence-electron chi connectivity index (χ2n) is 7.75. The lowest BCUT2D eigenvalue weighted by molar-refractivity contribution is -0.122. The molecule has 0 saturated carbocycles. The molecule has 1 saturated heterocycles. The molecular formula is C28H20ClN3O2S. The predicted molar refractivity (Wildman–Crippen MR) is 143 cm³/mol. The van der Waals surface area contributed by atoms with Crippen LogP contribution in [0.5, 0.6) is 0 Å². The molecule has 0 radical (unpaired) electrons. The van der Waals surface area contributed by atoms with Crippen molar-refractivity contribution in [1.82, 2.24) is 4.90 Å². The van der Waals surface area contributed by atoms with Crippen LogP contribution in [0.25, 0.3) is 17.2 Å². The third-order valence-electron chi connectivity index (χ3n) is 5.32. The van der Waals surface area contributed by atoms with Crippen LogP contribution in [0.4, 0.5) is 0 Å². The van der Waals surface area contributed by atoms with E-state index in [1.807, 2.05) is 54.6 Å². The Morgan fingerprint density at radius 1 is 0.857 bits per heavy atom. The van der Waals surface area contributed by atoms with Crippen LogP contribution in [0.3, 0.4) is 0 Å². The first-order chi connectivity index (χ1) is 17.2. The SMILES string of the molecule is O=C1/C(=C/c2ccc(-c3ccccc3)cc2)S/C(=N/N=C\c2ccc(Cl)cc2)N1Cc1ccco1. The van der Waals surface area contributed by atoms with Crippen molar-refractivity contribution in [2.45, 2.75) is 6.54 Å². The van der Waals surface area contributed by atoms with Crippen molar-refractivity contribution in [3.8, 4) is 11.1 Å². The van der Waals surface area contributed by atoms with Gasteiger partial charge in [-0.2, -0.15) is 5.10 Å². The minimum Gasteiger partial charge on any atom is -0.467 e. The maximum atomic E-state index is 13.3. The molecule has 0 bridgehead atoms. The van der Waals surface area contributed by atoms with Gasteiger partial charge in [-0.25, -0.2) is 0 Å². The average molecular weight is 498 g/mol. The number of hydrogen-bond donors (Lipinski definition) is 0. The Kier molecular flexibility index (Phi) is 6.93. The molecule has 172 valence electrons. The van der Waals surface area contributed by atoms with Crippen molar-refractivity contribution in [2.75, 3.05) is 0 Å². The van der Waals surface area contributed by atoms with Gasteiger partial charge in [0.15, 0.2) is 5.17 Å². The highest BCUT2D eigenvalue weighted by atomic mass is 35.5. The molecule has 0 aliphatic carbocycles. The fourth-order valence-corrected chi connectivity index (χ4v) is 4.59. The van der Waals surface area contributed by atoms with Gasteiger partial charge in [0.25, 0.3) is 5.91 Å². The van der Waals surface area contributed by atoms with Crippen LogP contribution >= 0.6 is 23.4 Å². The molecule has 0 N–H and O–H groups in total. The zero-order chi connectivity index (χ0) is 24.0. The van der Waals surface area contributed by atoms with Crippen molar-refractivity contribution >= 4 is 46.7 Å². The second kappa shape index (κ2) is 10.6. The van der Waals surface area contributed by atoms with Crippen LogP contribution in [0, 0.1) is 0 Å². The first-order valence-corrected chi connectivity index (χ1v) is 12.1. The molecule has 35 heavy (non-hydrogen) atoms. The average Bonchev–Trinajstić information content (AvgIpc) is 3.51. The lowest BCUT2D eigenvalue weighted by atomic mass is 10.0. The summed E-state index contributed by atoms with van der Waals surface area (Å²) >= 11 is 7.23. The molecule has 5 nitrogen and oxygen atoms in total. The lowest BCUT2D eigenvalue weighted by Gasteiger charge is -2.12. The van der Waals surface area contributed by atoms with E-state index in [1.54, 1.807) is 35.6 Å². The molecule has 0 atom stereocenters. The number of nitrogens with zero attached hydrogens (tertiary/aromatic N) is 3. The third-order valence-corrected chi connectivity index (χ3v) is 6.57. The zero-order valence-electron chi connectivity index (χ0n) is 18.5. The highest BCUT2D eigenvalue weighted by Gasteiger charge is 2.34. The number of thioether (sulfide) groups is 1. The number of hydrogen-bond acceptors (Lipinski definition) is 5. The van der Waals surface area contributed by atoms with Gasteiger partial charge in [0.1, 0.15) is 5.76 Å². The van der Waals surface area contributed by atoms with E-state index in [2.05, 4.69) is 34.5 Å². The molecule has 1 fully saturated rings. The molecule has 7 heteroatoms. The van der Waals surface area contributed by atoms with Crippen LogP contribution < -0.4 is 0 Å². The molecule has 4 aromatic rings. The fourth-order valence-electron chi connectivity index (χ4n) is 3.53. The number of carbonyl (C=O) groups excluding carboxylic acids is 1. The van der Waals surface area contributed by atoms with Crippen molar-refractivity contribution in [3.63, 3.8) is 0 Å². The van der Waals surface area contributed by atoms with E-state index in [1.165, 1.54) is 11.8 Å². The van der Waals surface area contributed by atoms with E-state index < -0.39 is 0 Å². The number of benzene rings is 3. The Hall–Kier alpha value is -3.87. The third kappa shape index (κ3) is 5.62. The van der Waals surface area contributed by atoms with Gasteiger partial charge >= 0.3 is 0 Å². The Morgan fingerprint density at radius 2 is 1.57 bits per heavy atom. The van der Waals surface area contributed by atoms with Gasteiger partial charge in [-0.1, -0.05) is 78.3 Å². The number of amidine groups is 1. The number of rotatable bonds is 6. The Labute approximate surface area is 212 Å². The van der Waals surface area contributed by atoms with Crippen LogP contribution in [-0.2, 0) is 11.3 Å². The minimum atomic E-state index is -0.140. The fraction of sp³-hybridized carbons (Fsp3) is 0.0357. The largest absolute Gasteiger partial charge is 0.467 e. The molecule has 0 unspecified atom stereocenters. The van der Waals surface area contributed by atoms with Gasteiger partial charge in [0.2, 0.25) is 0 Å². The number of amides is 1. The number of furan rings is 1. The first kappa shape index (κ1) is 22.9. The minimum absolute atomic E-state index is 0.140. The zero-order valence-corrected chi connectivity index (χ0v) is 20.1. The van der Waals surface area contributed by atoms with Gasteiger partial charge in [0.05, 0.1) is 23.9 Å². The quantitative estimate of drug-likeness (QED) is 0.162. The maximum Gasteiger partial charge on any atom is 0.267 e. The van der Waals surface area contributed by atoms with Gasteiger partial charge < -0.3 is 4.42 Å². The standard InChI is InChI=1S/C28H20ClN3O2S/c29-24-14-10-21(11-15-24)18-30-31-28-32(19-25-7-4-16-34-25)27(33)26(35-28)17-20-8-12-23(13-9-20)22-5-2-1-3-6-22/h1-18H,19H2/b26-17-,30-18-,31-28+. The molecule has 0 spiro atoms. The predicted octanol–water partition coefficient (Wildman–Crippen LogP) is 7.11. The summed E-state index contributed by atoms with van der Waals surface area (Å²) in [5.74, 6) is 0.528. The monoisotopic (exact) mass is 497 g/mol. The molecule has 1 aliphatic heterocycles. The normalized spacial score (nSPS) is 16.1. The van der Waals surface area contributed by atoms with E-state index in [4.69, 9.17) is 16.0 Å².